The third-order valence-electron chi connectivity index (χ3n) is 4.07. The minimum Gasteiger partial charge on any atom is -0.325 e. The molecule has 0 atom stereocenters. The first kappa shape index (κ1) is 16.8. The summed E-state index contributed by atoms with van der Waals surface area (Å²) in [5.74, 6) is 0.607. The Hall–Kier alpha value is -2.67. The number of para-hydroxylation sites is 1. The summed E-state index contributed by atoms with van der Waals surface area (Å²) in [5.41, 5.74) is 1.60. The summed E-state index contributed by atoms with van der Waals surface area (Å²) in [6.45, 7) is 0. The lowest BCUT2D eigenvalue weighted by Gasteiger charge is -2.09. The van der Waals surface area contributed by atoms with Crippen LogP contribution < -0.4 is 5.32 Å². The van der Waals surface area contributed by atoms with Gasteiger partial charge in [-0.05, 0) is 49.2 Å². The fourth-order valence-electron chi connectivity index (χ4n) is 2.68. The van der Waals surface area contributed by atoms with Crippen LogP contribution in [-0.4, -0.2) is 26.4 Å². The van der Waals surface area contributed by atoms with Gasteiger partial charge in [-0.25, -0.2) is 4.39 Å². The van der Waals surface area contributed by atoms with Crippen molar-refractivity contribution in [2.75, 3.05) is 11.1 Å². The summed E-state index contributed by atoms with van der Waals surface area (Å²) < 4.78 is 15.2. The highest BCUT2D eigenvalue weighted by Crippen LogP contribution is 2.41. The first-order valence-corrected chi connectivity index (χ1v) is 9.38. The normalized spacial score (nSPS) is 13.6. The molecule has 1 aliphatic carbocycles. The van der Waals surface area contributed by atoms with Gasteiger partial charge in [0.15, 0.2) is 11.0 Å². The molecule has 0 bridgehead atoms. The lowest BCUT2D eigenvalue weighted by molar-refractivity contribution is -0.113. The lowest BCUT2D eigenvalue weighted by Crippen LogP contribution is -2.14. The molecular weight excluding hydrogens is 351 g/mol. The Kier molecular flexibility index (Phi) is 4.71. The molecule has 1 saturated carbocycles. The summed E-state index contributed by atoms with van der Waals surface area (Å²) in [6.07, 6.45) is 2.13. The van der Waals surface area contributed by atoms with E-state index in [-0.39, 0.29) is 17.5 Å². The van der Waals surface area contributed by atoms with E-state index in [1.165, 1.54) is 23.9 Å². The minimum absolute atomic E-state index is 0.0881. The molecule has 1 N–H and O–H groups in total. The molecule has 1 aromatic heterocycles. The highest BCUT2D eigenvalue weighted by molar-refractivity contribution is 7.99. The Labute approximate surface area is 154 Å². The van der Waals surface area contributed by atoms with Crippen molar-refractivity contribution in [2.24, 2.45) is 0 Å². The van der Waals surface area contributed by atoms with E-state index in [9.17, 15) is 9.18 Å². The van der Waals surface area contributed by atoms with Crippen LogP contribution in [0, 0.1) is 5.82 Å². The van der Waals surface area contributed by atoms with Crippen molar-refractivity contribution in [3.63, 3.8) is 0 Å². The number of halogens is 1. The average molecular weight is 368 g/mol. The van der Waals surface area contributed by atoms with Crippen LogP contribution in [0.1, 0.15) is 18.9 Å². The van der Waals surface area contributed by atoms with Gasteiger partial charge in [0.05, 0.1) is 5.75 Å². The highest BCUT2D eigenvalue weighted by atomic mass is 32.2. The van der Waals surface area contributed by atoms with Gasteiger partial charge in [-0.1, -0.05) is 30.0 Å². The highest BCUT2D eigenvalue weighted by Gasteiger charge is 2.30. The molecule has 0 unspecified atom stereocenters. The number of carbonyl (C=O) groups excluding carboxylic acids is 1. The number of nitrogens with one attached hydrogen (secondary N) is 1. The van der Waals surface area contributed by atoms with Crippen LogP contribution in [0.4, 0.5) is 10.1 Å². The van der Waals surface area contributed by atoms with Crippen LogP contribution in [0.5, 0.6) is 0 Å². The van der Waals surface area contributed by atoms with Crippen molar-refractivity contribution in [1.29, 1.82) is 0 Å². The second-order valence-electron chi connectivity index (χ2n) is 6.12. The molecule has 1 aliphatic rings. The van der Waals surface area contributed by atoms with E-state index in [4.69, 9.17) is 0 Å². The number of rotatable bonds is 6. The maximum Gasteiger partial charge on any atom is 0.234 e. The molecule has 0 saturated heterocycles. The van der Waals surface area contributed by atoms with Gasteiger partial charge in [-0.2, -0.15) is 0 Å². The van der Waals surface area contributed by atoms with Gasteiger partial charge in [0.2, 0.25) is 5.91 Å². The fraction of sp³-hybridized carbons (Fsp3) is 0.211. The maximum atomic E-state index is 13.2. The van der Waals surface area contributed by atoms with Gasteiger partial charge in [0.25, 0.3) is 0 Å². The predicted molar refractivity (Wildman–Crippen MR) is 99.5 cm³/mol. The topological polar surface area (TPSA) is 59.8 Å². The molecule has 4 rings (SSSR count). The van der Waals surface area contributed by atoms with Gasteiger partial charge < -0.3 is 5.32 Å². The zero-order valence-electron chi connectivity index (χ0n) is 13.9. The van der Waals surface area contributed by atoms with E-state index in [1.54, 1.807) is 12.1 Å². The van der Waals surface area contributed by atoms with E-state index in [0.29, 0.717) is 6.04 Å². The van der Waals surface area contributed by atoms with E-state index >= 15 is 0 Å². The van der Waals surface area contributed by atoms with Crippen LogP contribution in [0.2, 0.25) is 0 Å². The quantitative estimate of drug-likeness (QED) is 0.664. The summed E-state index contributed by atoms with van der Waals surface area (Å²) in [6, 6.07) is 15.9. The SMILES string of the molecule is O=C(CSc1nnc(-c2ccc(F)cc2)n1C1CC1)Nc1ccccc1. The molecule has 26 heavy (non-hydrogen) atoms. The van der Waals surface area contributed by atoms with Gasteiger partial charge in [-0.15, -0.1) is 10.2 Å². The summed E-state index contributed by atoms with van der Waals surface area (Å²) in [7, 11) is 0. The first-order valence-electron chi connectivity index (χ1n) is 8.39. The van der Waals surface area contributed by atoms with E-state index in [2.05, 4.69) is 20.1 Å². The summed E-state index contributed by atoms with van der Waals surface area (Å²) in [5, 5.41) is 12.1. The minimum atomic E-state index is -0.279. The maximum absolute atomic E-state index is 13.2. The molecule has 0 spiro atoms. The second-order valence-corrected chi connectivity index (χ2v) is 7.06. The predicted octanol–water partition coefficient (Wildman–Crippen LogP) is 4.15. The van der Waals surface area contributed by atoms with Gasteiger partial charge in [0.1, 0.15) is 5.82 Å². The molecule has 3 aromatic rings. The molecule has 0 aliphatic heterocycles. The Bertz CT molecular complexity index is 907. The molecule has 1 amide bonds. The number of benzene rings is 2. The zero-order valence-corrected chi connectivity index (χ0v) is 14.7. The Morgan fingerprint density at radius 1 is 1.12 bits per heavy atom. The molecule has 132 valence electrons. The third-order valence-corrected chi connectivity index (χ3v) is 5.01. The molecule has 1 heterocycles. The summed E-state index contributed by atoms with van der Waals surface area (Å²) in [4.78, 5) is 12.2. The number of hydrogen-bond donors (Lipinski definition) is 1. The van der Waals surface area contributed by atoms with Crippen molar-refractivity contribution in [2.45, 2.75) is 24.0 Å². The molecule has 0 radical (unpaired) electrons. The Balaban J connectivity index is 1.48. The number of thioether (sulfide) groups is 1. The second kappa shape index (κ2) is 7.29. The smallest absolute Gasteiger partial charge is 0.234 e. The average Bonchev–Trinajstić information content (AvgIpc) is 3.41. The van der Waals surface area contributed by atoms with Gasteiger partial charge in [-0.3, -0.25) is 9.36 Å². The standard InChI is InChI=1S/C19H17FN4OS/c20-14-8-6-13(7-9-14)18-22-23-19(24(18)16-10-11-16)26-12-17(25)21-15-4-2-1-3-5-15/h1-9,16H,10-12H2,(H,21,25). The van der Waals surface area contributed by atoms with Gasteiger partial charge in [0, 0.05) is 17.3 Å². The molecule has 7 heteroatoms. The lowest BCUT2D eigenvalue weighted by atomic mass is 10.2. The molecular formula is C19H17FN4OS. The van der Waals surface area contributed by atoms with Crippen LogP contribution in [0.15, 0.2) is 59.8 Å². The number of anilines is 1. The van der Waals surface area contributed by atoms with E-state index in [1.807, 2.05) is 30.3 Å². The number of carbonyl (C=O) groups is 1. The zero-order chi connectivity index (χ0) is 17.9. The Morgan fingerprint density at radius 2 is 1.85 bits per heavy atom. The van der Waals surface area contributed by atoms with Crippen molar-refractivity contribution in [3.05, 3.63) is 60.4 Å². The molecule has 1 fully saturated rings. The van der Waals surface area contributed by atoms with Crippen molar-refractivity contribution < 1.29 is 9.18 Å². The van der Waals surface area contributed by atoms with Crippen LogP contribution in [0.25, 0.3) is 11.4 Å². The molecule has 5 nitrogen and oxygen atoms in total. The van der Waals surface area contributed by atoms with Crippen molar-refractivity contribution in [1.82, 2.24) is 14.8 Å². The molecule has 2 aromatic carbocycles. The van der Waals surface area contributed by atoms with Gasteiger partial charge >= 0.3 is 0 Å². The van der Waals surface area contributed by atoms with Crippen LogP contribution >= 0.6 is 11.8 Å². The number of nitrogens with zero attached hydrogens (tertiary/aromatic N) is 3. The number of hydrogen-bond acceptors (Lipinski definition) is 4. The largest absolute Gasteiger partial charge is 0.325 e. The van der Waals surface area contributed by atoms with Crippen LogP contribution in [-0.2, 0) is 4.79 Å². The fourth-order valence-corrected chi connectivity index (χ4v) is 3.49. The summed E-state index contributed by atoms with van der Waals surface area (Å²) >= 11 is 1.36. The monoisotopic (exact) mass is 368 g/mol. The number of amides is 1. The van der Waals surface area contributed by atoms with Crippen molar-refractivity contribution in [3.8, 4) is 11.4 Å². The van der Waals surface area contributed by atoms with Crippen LogP contribution in [0.3, 0.4) is 0 Å². The van der Waals surface area contributed by atoms with E-state index < -0.39 is 0 Å². The first-order chi connectivity index (χ1) is 12.7. The number of aromatic nitrogens is 3. The third kappa shape index (κ3) is 3.77. The Morgan fingerprint density at radius 3 is 2.54 bits per heavy atom. The van der Waals surface area contributed by atoms with Crippen molar-refractivity contribution >= 4 is 23.4 Å². The van der Waals surface area contributed by atoms with E-state index in [0.717, 1.165) is 35.1 Å².